The summed E-state index contributed by atoms with van der Waals surface area (Å²) in [7, 11) is -3.62. The van der Waals surface area contributed by atoms with Crippen LogP contribution < -0.4 is 5.73 Å². The van der Waals surface area contributed by atoms with Gasteiger partial charge in [-0.1, -0.05) is 0 Å². The van der Waals surface area contributed by atoms with Crippen molar-refractivity contribution in [2.75, 3.05) is 19.6 Å². The maximum atomic E-state index is 13.5. The summed E-state index contributed by atoms with van der Waals surface area (Å²) in [5.74, 6) is -0.273. The fourth-order valence-electron chi connectivity index (χ4n) is 2.50. The molecule has 2 rings (SSSR count). The van der Waals surface area contributed by atoms with E-state index in [1.165, 1.54) is 16.4 Å². The van der Waals surface area contributed by atoms with Gasteiger partial charge in [0.15, 0.2) is 0 Å². The Morgan fingerprint density at radius 1 is 1.45 bits per heavy atom. The third-order valence-electron chi connectivity index (χ3n) is 3.59. The van der Waals surface area contributed by atoms with Gasteiger partial charge in [-0.15, -0.1) is 0 Å². The molecule has 1 aliphatic rings. The average molecular weight is 365 g/mol. The number of hydrogen-bond donors (Lipinski definition) is 1. The molecule has 1 saturated heterocycles. The van der Waals surface area contributed by atoms with Crippen LogP contribution in [-0.2, 0) is 10.0 Å². The maximum Gasteiger partial charge on any atom is 0.243 e. The first kappa shape index (κ1) is 15.9. The molecule has 1 fully saturated rings. The first-order chi connectivity index (χ1) is 9.45. The largest absolute Gasteiger partial charge is 0.330 e. The fraction of sp³-hybridized carbons (Fsp3) is 0.538. The van der Waals surface area contributed by atoms with Crippen molar-refractivity contribution in [3.05, 3.63) is 28.5 Å². The van der Waals surface area contributed by atoms with E-state index in [9.17, 15) is 12.8 Å². The number of nitrogens with zero attached hydrogens (tertiary/aromatic N) is 1. The Bertz CT molecular complexity index is 578. The van der Waals surface area contributed by atoms with Gasteiger partial charge in [-0.05, 0) is 65.9 Å². The summed E-state index contributed by atoms with van der Waals surface area (Å²) in [5, 5.41) is 0. The predicted molar refractivity (Wildman–Crippen MR) is 79.3 cm³/mol. The Morgan fingerprint density at radius 2 is 2.20 bits per heavy atom. The predicted octanol–water partition coefficient (Wildman–Crippen LogP) is 2.34. The number of benzene rings is 1. The summed E-state index contributed by atoms with van der Waals surface area (Å²) in [6, 6.07) is 3.91. The van der Waals surface area contributed by atoms with Crippen LogP contribution in [0.15, 0.2) is 27.6 Å². The van der Waals surface area contributed by atoms with Gasteiger partial charge in [0, 0.05) is 13.1 Å². The molecular weight excluding hydrogens is 347 g/mol. The maximum absolute atomic E-state index is 13.5. The van der Waals surface area contributed by atoms with Gasteiger partial charge < -0.3 is 5.73 Å². The minimum atomic E-state index is -3.62. The Morgan fingerprint density at radius 3 is 2.85 bits per heavy atom. The van der Waals surface area contributed by atoms with E-state index in [1.54, 1.807) is 0 Å². The molecule has 1 heterocycles. The van der Waals surface area contributed by atoms with E-state index in [0.29, 0.717) is 25.6 Å². The van der Waals surface area contributed by atoms with E-state index in [2.05, 4.69) is 15.9 Å². The van der Waals surface area contributed by atoms with E-state index >= 15 is 0 Å². The van der Waals surface area contributed by atoms with Crippen LogP contribution in [0.4, 0.5) is 4.39 Å². The van der Waals surface area contributed by atoms with Gasteiger partial charge in [-0.2, -0.15) is 4.31 Å². The van der Waals surface area contributed by atoms with Crippen LogP contribution in [-0.4, -0.2) is 32.4 Å². The molecule has 0 bridgehead atoms. The van der Waals surface area contributed by atoms with Crippen molar-refractivity contribution in [3.63, 3.8) is 0 Å². The van der Waals surface area contributed by atoms with Gasteiger partial charge in [0.25, 0.3) is 0 Å². The SMILES string of the molecule is NCCC1CCCN(S(=O)(=O)c2ccc(Br)c(F)c2)C1. The summed E-state index contributed by atoms with van der Waals surface area (Å²) in [6.07, 6.45) is 2.64. The molecule has 4 nitrogen and oxygen atoms in total. The normalized spacial score (nSPS) is 21.1. The molecule has 0 radical (unpaired) electrons. The molecule has 1 aliphatic heterocycles. The first-order valence-electron chi connectivity index (χ1n) is 6.60. The van der Waals surface area contributed by atoms with Gasteiger partial charge in [0.1, 0.15) is 5.82 Å². The second kappa shape index (κ2) is 6.51. The molecule has 0 amide bonds. The lowest BCUT2D eigenvalue weighted by Crippen LogP contribution is -2.40. The van der Waals surface area contributed by atoms with Crippen molar-refractivity contribution in [2.45, 2.75) is 24.2 Å². The first-order valence-corrected chi connectivity index (χ1v) is 8.83. The highest BCUT2D eigenvalue weighted by Crippen LogP contribution is 2.27. The minimum absolute atomic E-state index is 0.00611. The van der Waals surface area contributed by atoms with E-state index < -0.39 is 15.8 Å². The Labute approximate surface area is 127 Å². The quantitative estimate of drug-likeness (QED) is 0.891. The standard InChI is InChI=1S/C13H18BrFN2O2S/c14-12-4-3-11(8-13(12)15)20(18,19)17-7-1-2-10(9-17)5-6-16/h3-4,8,10H,1-2,5-7,9,16H2. The third kappa shape index (κ3) is 3.39. The number of nitrogens with two attached hydrogens (primary N) is 1. The van der Waals surface area contributed by atoms with E-state index in [-0.39, 0.29) is 9.37 Å². The topological polar surface area (TPSA) is 63.4 Å². The number of hydrogen-bond acceptors (Lipinski definition) is 3. The summed E-state index contributed by atoms with van der Waals surface area (Å²) in [6.45, 7) is 1.52. The monoisotopic (exact) mass is 364 g/mol. The average Bonchev–Trinajstić information content (AvgIpc) is 2.42. The van der Waals surface area contributed by atoms with Crippen molar-refractivity contribution in [3.8, 4) is 0 Å². The van der Waals surface area contributed by atoms with Crippen LogP contribution in [0.25, 0.3) is 0 Å². The Kier molecular flexibility index (Phi) is 5.17. The second-order valence-corrected chi connectivity index (χ2v) is 7.82. The summed E-state index contributed by atoms with van der Waals surface area (Å²) in [4.78, 5) is 0.00611. The second-order valence-electron chi connectivity index (χ2n) is 5.02. The van der Waals surface area contributed by atoms with Crippen LogP contribution in [0.3, 0.4) is 0 Å². The smallest absolute Gasteiger partial charge is 0.243 e. The number of piperidine rings is 1. The molecule has 0 aliphatic carbocycles. The number of sulfonamides is 1. The van der Waals surface area contributed by atoms with Crippen LogP contribution in [0, 0.1) is 11.7 Å². The zero-order chi connectivity index (χ0) is 14.8. The van der Waals surface area contributed by atoms with Crippen LogP contribution in [0.2, 0.25) is 0 Å². The summed E-state index contributed by atoms with van der Waals surface area (Å²) < 4.78 is 40.3. The highest BCUT2D eigenvalue weighted by molar-refractivity contribution is 9.10. The Hall–Kier alpha value is -0.500. The van der Waals surface area contributed by atoms with Crippen LogP contribution >= 0.6 is 15.9 Å². The minimum Gasteiger partial charge on any atom is -0.330 e. The molecule has 0 aromatic heterocycles. The van der Waals surface area contributed by atoms with Crippen molar-refractivity contribution in [1.29, 1.82) is 0 Å². The molecule has 20 heavy (non-hydrogen) atoms. The Balaban J connectivity index is 2.23. The molecular formula is C13H18BrFN2O2S. The van der Waals surface area contributed by atoms with Crippen molar-refractivity contribution < 1.29 is 12.8 Å². The van der Waals surface area contributed by atoms with Gasteiger partial charge in [0.2, 0.25) is 10.0 Å². The van der Waals surface area contributed by atoms with Gasteiger partial charge in [-0.3, -0.25) is 0 Å². The van der Waals surface area contributed by atoms with Gasteiger partial charge >= 0.3 is 0 Å². The van der Waals surface area contributed by atoms with Crippen LogP contribution in [0.5, 0.6) is 0 Å². The lowest BCUT2D eigenvalue weighted by atomic mass is 9.96. The van der Waals surface area contributed by atoms with E-state index in [4.69, 9.17) is 5.73 Å². The molecule has 112 valence electrons. The molecule has 1 atom stereocenters. The molecule has 1 aromatic rings. The number of halogens is 2. The lowest BCUT2D eigenvalue weighted by molar-refractivity contribution is 0.258. The molecule has 1 aromatic carbocycles. The molecule has 1 unspecified atom stereocenters. The van der Waals surface area contributed by atoms with Gasteiger partial charge in [-0.25, -0.2) is 12.8 Å². The van der Waals surface area contributed by atoms with Crippen molar-refractivity contribution in [2.24, 2.45) is 11.7 Å². The zero-order valence-corrected chi connectivity index (χ0v) is 13.5. The van der Waals surface area contributed by atoms with Crippen molar-refractivity contribution in [1.82, 2.24) is 4.31 Å². The molecule has 7 heteroatoms. The molecule has 0 saturated carbocycles. The van der Waals surface area contributed by atoms with Gasteiger partial charge in [0.05, 0.1) is 9.37 Å². The summed E-state index contributed by atoms with van der Waals surface area (Å²) >= 11 is 3.02. The zero-order valence-electron chi connectivity index (χ0n) is 11.1. The lowest BCUT2D eigenvalue weighted by Gasteiger charge is -2.31. The van der Waals surface area contributed by atoms with E-state index in [1.807, 2.05) is 0 Å². The molecule has 2 N–H and O–H groups in total. The van der Waals surface area contributed by atoms with Crippen LogP contribution in [0.1, 0.15) is 19.3 Å². The fourth-order valence-corrected chi connectivity index (χ4v) is 4.32. The highest BCUT2D eigenvalue weighted by Gasteiger charge is 2.30. The molecule has 0 spiro atoms. The number of rotatable bonds is 4. The highest BCUT2D eigenvalue weighted by atomic mass is 79.9. The third-order valence-corrected chi connectivity index (χ3v) is 6.09. The van der Waals surface area contributed by atoms with E-state index in [0.717, 1.165) is 25.3 Å². The van der Waals surface area contributed by atoms with Crippen molar-refractivity contribution >= 4 is 26.0 Å². The summed E-state index contributed by atoms with van der Waals surface area (Å²) in [5.41, 5.74) is 5.54.